The number of ether oxygens (including phenoxy) is 1. The number of hydrogen-bond donors (Lipinski definition) is 1. The molecule has 0 bridgehead atoms. The predicted octanol–water partition coefficient (Wildman–Crippen LogP) is 2.90. The minimum Gasteiger partial charge on any atom is -0.379 e. The highest BCUT2D eigenvalue weighted by molar-refractivity contribution is 5.47. The molecule has 6 heteroatoms. The Morgan fingerprint density at radius 3 is 2.71 bits per heavy atom. The number of nitro groups is 1. The molecular weight excluding hydrogens is 270 g/mol. The molecule has 0 fully saturated rings. The van der Waals surface area contributed by atoms with Crippen molar-refractivity contribution in [3.05, 3.63) is 33.1 Å². The average Bonchev–Trinajstić information content (AvgIpc) is 2.39. The molecule has 1 N–H and O–H groups in total. The number of hydrogen-bond acceptors (Lipinski definition) is 5. The van der Waals surface area contributed by atoms with Gasteiger partial charge in [-0.05, 0) is 47.1 Å². The molecule has 0 aliphatic rings. The maximum Gasteiger partial charge on any atom is 0.278 e. The van der Waals surface area contributed by atoms with Gasteiger partial charge in [0.1, 0.15) is 0 Å². The van der Waals surface area contributed by atoms with Crippen molar-refractivity contribution in [1.29, 1.82) is 0 Å². The Hall–Kier alpha value is -1.53. The summed E-state index contributed by atoms with van der Waals surface area (Å²) in [5.74, 6) is 0. The molecular formula is C15H25N3O3. The zero-order chi connectivity index (χ0) is 15.8. The van der Waals surface area contributed by atoms with Gasteiger partial charge in [-0.25, -0.2) is 0 Å². The monoisotopic (exact) mass is 295 g/mol. The van der Waals surface area contributed by atoms with Gasteiger partial charge in [-0.2, -0.15) is 0 Å². The SMILES string of the molecule is Cc1cnc(CNCCCCOC(C)C)c(C)c1[N+](=O)[O-]. The number of nitrogens with one attached hydrogen (secondary N) is 1. The molecule has 0 aromatic carbocycles. The van der Waals surface area contributed by atoms with Crippen LogP contribution in [0, 0.1) is 24.0 Å². The topological polar surface area (TPSA) is 77.3 Å². The van der Waals surface area contributed by atoms with Crippen LogP contribution in [0.25, 0.3) is 0 Å². The molecule has 0 atom stereocenters. The number of unbranched alkanes of at least 4 members (excludes halogenated alkanes) is 1. The Balaban J connectivity index is 2.39. The second-order valence-electron chi connectivity index (χ2n) is 5.42. The third kappa shape index (κ3) is 5.77. The van der Waals surface area contributed by atoms with Crippen LogP contribution in [0.3, 0.4) is 0 Å². The minimum atomic E-state index is -0.334. The lowest BCUT2D eigenvalue weighted by atomic mass is 10.1. The molecule has 0 unspecified atom stereocenters. The Morgan fingerprint density at radius 2 is 2.10 bits per heavy atom. The molecule has 1 aromatic rings. The fourth-order valence-electron chi connectivity index (χ4n) is 2.10. The first kappa shape index (κ1) is 17.5. The zero-order valence-electron chi connectivity index (χ0n) is 13.3. The number of pyridine rings is 1. The molecule has 6 nitrogen and oxygen atoms in total. The first-order chi connectivity index (χ1) is 9.93. The molecule has 0 radical (unpaired) electrons. The lowest BCUT2D eigenvalue weighted by Crippen LogP contribution is -2.18. The molecule has 0 aliphatic heterocycles. The zero-order valence-corrected chi connectivity index (χ0v) is 13.3. The summed E-state index contributed by atoms with van der Waals surface area (Å²) in [6, 6.07) is 0. The third-order valence-electron chi connectivity index (χ3n) is 3.25. The lowest BCUT2D eigenvalue weighted by Gasteiger charge is -2.09. The van der Waals surface area contributed by atoms with Gasteiger partial charge in [0.2, 0.25) is 0 Å². The van der Waals surface area contributed by atoms with Gasteiger partial charge >= 0.3 is 0 Å². The van der Waals surface area contributed by atoms with E-state index in [1.165, 1.54) is 0 Å². The Labute approximate surface area is 126 Å². The second-order valence-corrected chi connectivity index (χ2v) is 5.42. The van der Waals surface area contributed by atoms with Crippen molar-refractivity contribution in [2.24, 2.45) is 0 Å². The normalized spacial score (nSPS) is 11.1. The molecule has 21 heavy (non-hydrogen) atoms. The Bertz CT molecular complexity index is 475. The van der Waals surface area contributed by atoms with E-state index in [-0.39, 0.29) is 16.7 Å². The van der Waals surface area contributed by atoms with Crippen molar-refractivity contribution >= 4 is 5.69 Å². The average molecular weight is 295 g/mol. The second kappa shape index (κ2) is 8.69. The first-order valence-electron chi connectivity index (χ1n) is 7.35. The van der Waals surface area contributed by atoms with Crippen molar-refractivity contribution in [1.82, 2.24) is 10.3 Å². The van der Waals surface area contributed by atoms with Crippen LogP contribution >= 0.6 is 0 Å². The van der Waals surface area contributed by atoms with Gasteiger partial charge in [0.05, 0.1) is 16.7 Å². The molecule has 0 aliphatic carbocycles. The summed E-state index contributed by atoms with van der Waals surface area (Å²) >= 11 is 0. The first-order valence-corrected chi connectivity index (χ1v) is 7.35. The third-order valence-corrected chi connectivity index (χ3v) is 3.25. The van der Waals surface area contributed by atoms with Crippen molar-refractivity contribution in [2.45, 2.75) is 53.2 Å². The van der Waals surface area contributed by atoms with E-state index in [4.69, 9.17) is 4.74 Å². The van der Waals surface area contributed by atoms with Crippen molar-refractivity contribution in [3.63, 3.8) is 0 Å². The van der Waals surface area contributed by atoms with Crippen LogP contribution in [0.2, 0.25) is 0 Å². The standard InChI is InChI=1S/C15H25N3O3/c1-11(2)21-8-6-5-7-16-10-14-13(4)15(18(19)20)12(3)9-17-14/h9,11,16H,5-8,10H2,1-4H3. The predicted molar refractivity (Wildman–Crippen MR) is 82.4 cm³/mol. The van der Waals surface area contributed by atoms with Crippen molar-refractivity contribution in [3.8, 4) is 0 Å². The quantitative estimate of drug-likeness (QED) is 0.430. The fraction of sp³-hybridized carbons (Fsp3) is 0.667. The summed E-state index contributed by atoms with van der Waals surface area (Å²) in [4.78, 5) is 15.0. The fourth-order valence-corrected chi connectivity index (χ4v) is 2.10. The number of aryl methyl sites for hydroxylation is 1. The van der Waals surface area contributed by atoms with Gasteiger partial charge in [-0.3, -0.25) is 15.1 Å². The van der Waals surface area contributed by atoms with Crippen LogP contribution in [0.15, 0.2) is 6.20 Å². The summed E-state index contributed by atoms with van der Waals surface area (Å²) < 4.78 is 5.47. The van der Waals surface area contributed by atoms with Gasteiger partial charge < -0.3 is 10.1 Å². The van der Waals surface area contributed by atoms with E-state index in [9.17, 15) is 10.1 Å². The lowest BCUT2D eigenvalue weighted by molar-refractivity contribution is -0.386. The summed E-state index contributed by atoms with van der Waals surface area (Å²) in [7, 11) is 0. The molecule has 1 rings (SSSR count). The summed E-state index contributed by atoms with van der Waals surface area (Å²) in [5.41, 5.74) is 2.17. The van der Waals surface area contributed by atoms with Crippen LogP contribution < -0.4 is 5.32 Å². The van der Waals surface area contributed by atoms with E-state index >= 15 is 0 Å². The highest BCUT2D eigenvalue weighted by atomic mass is 16.6. The van der Waals surface area contributed by atoms with E-state index in [2.05, 4.69) is 10.3 Å². The van der Waals surface area contributed by atoms with Gasteiger partial charge in [0.25, 0.3) is 5.69 Å². The van der Waals surface area contributed by atoms with E-state index in [1.54, 1.807) is 20.0 Å². The van der Waals surface area contributed by atoms with Crippen LogP contribution in [0.5, 0.6) is 0 Å². The molecule has 1 aromatic heterocycles. The molecule has 1 heterocycles. The molecule has 118 valence electrons. The largest absolute Gasteiger partial charge is 0.379 e. The van der Waals surface area contributed by atoms with Crippen LogP contribution in [0.1, 0.15) is 43.5 Å². The molecule has 0 amide bonds. The highest BCUT2D eigenvalue weighted by Crippen LogP contribution is 2.23. The van der Waals surface area contributed by atoms with Crippen LogP contribution in [-0.2, 0) is 11.3 Å². The van der Waals surface area contributed by atoms with Crippen LogP contribution in [0.4, 0.5) is 5.69 Å². The molecule has 0 saturated carbocycles. The molecule has 0 saturated heterocycles. The number of rotatable bonds is 9. The summed E-state index contributed by atoms with van der Waals surface area (Å²) in [6.45, 7) is 9.69. The Kier molecular flexibility index (Phi) is 7.25. The van der Waals surface area contributed by atoms with Gasteiger partial charge in [-0.1, -0.05) is 0 Å². The smallest absolute Gasteiger partial charge is 0.278 e. The van der Waals surface area contributed by atoms with Crippen LogP contribution in [-0.4, -0.2) is 29.2 Å². The van der Waals surface area contributed by atoms with Gasteiger partial charge in [-0.15, -0.1) is 0 Å². The number of nitrogens with zero attached hydrogens (tertiary/aromatic N) is 2. The number of aromatic nitrogens is 1. The maximum atomic E-state index is 11.0. The van der Waals surface area contributed by atoms with Gasteiger partial charge in [0, 0.05) is 30.5 Å². The maximum absolute atomic E-state index is 11.0. The Morgan fingerprint density at radius 1 is 1.38 bits per heavy atom. The van der Waals surface area contributed by atoms with E-state index in [1.807, 2.05) is 13.8 Å². The van der Waals surface area contributed by atoms with Crippen molar-refractivity contribution in [2.75, 3.05) is 13.2 Å². The van der Waals surface area contributed by atoms with E-state index in [0.29, 0.717) is 17.7 Å². The van der Waals surface area contributed by atoms with Crippen molar-refractivity contribution < 1.29 is 9.66 Å². The summed E-state index contributed by atoms with van der Waals surface area (Å²) in [6.07, 6.45) is 3.86. The van der Waals surface area contributed by atoms with Gasteiger partial charge in [0.15, 0.2) is 0 Å². The highest BCUT2D eigenvalue weighted by Gasteiger charge is 2.18. The summed E-state index contributed by atoms with van der Waals surface area (Å²) in [5, 5.41) is 14.3. The van der Waals surface area contributed by atoms with E-state index < -0.39 is 0 Å². The molecule has 0 spiro atoms. The van der Waals surface area contributed by atoms with E-state index in [0.717, 1.165) is 31.7 Å². The minimum absolute atomic E-state index is 0.173.